The van der Waals surface area contributed by atoms with E-state index in [1.165, 1.54) is 23.5 Å². The van der Waals surface area contributed by atoms with Crippen LogP contribution in [0.4, 0.5) is 9.52 Å². The summed E-state index contributed by atoms with van der Waals surface area (Å²) in [5.41, 5.74) is 2.29. The number of aromatic nitrogens is 3. The molecule has 0 bridgehead atoms. The molecule has 0 spiro atoms. The largest absolute Gasteiger partial charge is 0.348 e. The van der Waals surface area contributed by atoms with Gasteiger partial charge in [-0.05, 0) is 44.0 Å². The quantitative estimate of drug-likeness (QED) is 0.692. The van der Waals surface area contributed by atoms with E-state index in [4.69, 9.17) is 0 Å². The minimum absolute atomic E-state index is 0.0346. The molecule has 4 rings (SSSR count). The van der Waals surface area contributed by atoms with Crippen molar-refractivity contribution in [1.82, 2.24) is 19.7 Å². The van der Waals surface area contributed by atoms with Gasteiger partial charge in [0.25, 0.3) is 5.91 Å². The van der Waals surface area contributed by atoms with Gasteiger partial charge in [-0.15, -0.1) is 0 Å². The number of rotatable bonds is 3. The predicted molar refractivity (Wildman–Crippen MR) is 105 cm³/mol. The van der Waals surface area contributed by atoms with E-state index in [9.17, 15) is 9.18 Å². The lowest BCUT2D eigenvalue weighted by Crippen LogP contribution is -2.45. The van der Waals surface area contributed by atoms with Crippen molar-refractivity contribution >= 4 is 32.6 Å². The topological polar surface area (TPSA) is 54.3 Å². The van der Waals surface area contributed by atoms with Gasteiger partial charge in [-0.25, -0.2) is 9.37 Å². The van der Waals surface area contributed by atoms with Crippen molar-refractivity contribution in [3.8, 4) is 0 Å². The molecule has 1 aliphatic rings. The lowest BCUT2D eigenvalue weighted by Gasteiger charge is -2.36. The maximum Gasteiger partial charge on any atom is 0.274 e. The second-order valence-electron chi connectivity index (χ2n) is 7.04. The van der Waals surface area contributed by atoms with Crippen LogP contribution in [0.2, 0.25) is 0 Å². The molecule has 3 heterocycles. The highest BCUT2D eigenvalue weighted by Gasteiger charge is 2.28. The van der Waals surface area contributed by atoms with E-state index >= 15 is 0 Å². The third-order valence-corrected chi connectivity index (χ3v) is 6.35. The van der Waals surface area contributed by atoms with Crippen molar-refractivity contribution in [1.29, 1.82) is 0 Å². The molecule has 0 unspecified atom stereocenters. The fourth-order valence-corrected chi connectivity index (χ4v) is 4.52. The second kappa shape index (κ2) is 6.92. The summed E-state index contributed by atoms with van der Waals surface area (Å²) in [5.74, 6) is -0.270. The molecule has 1 fully saturated rings. The molecular weight excluding hydrogens is 365 g/mol. The third-order valence-electron chi connectivity index (χ3n) is 5.28. The minimum Gasteiger partial charge on any atom is -0.348 e. The van der Waals surface area contributed by atoms with Crippen molar-refractivity contribution in [3.63, 3.8) is 0 Å². The number of nitrogens with zero attached hydrogens (tertiary/aromatic N) is 5. The van der Waals surface area contributed by atoms with E-state index in [-0.39, 0.29) is 17.8 Å². The number of thiazole rings is 1. The van der Waals surface area contributed by atoms with Gasteiger partial charge in [-0.3, -0.25) is 9.48 Å². The van der Waals surface area contributed by atoms with E-state index in [2.05, 4.69) is 15.0 Å². The van der Waals surface area contributed by atoms with Crippen LogP contribution in [-0.4, -0.2) is 51.8 Å². The highest BCUT2D eigenvalue weighted by Crippen LogP contribution is 2.31. The lowest BCUT2D eigenvalue weighted by molar-refractivity contribution is 0.0702. The number of carbonyl (C=O) groups excluding carboxylic acids is 1. The minimum atomic E-state index is -0.235. The van der Waals surface area contributed by atoms with Crippen LogP contribution in [0.1, 0.15) is 29.0 Å². The highest BCUT2D eigenvalue weighted by atomic mass is 32.1. The van der Waals surface area contributed by atoms with E-state index in [0.717, 1.165) is 47.0 Å². The van der Waals surface area contributed by atoms with Crippen molar-refractivity contribution < 1.29 is 9.18 Å². The normalized spacial score (nSPS) is 15.5. The monoisotopic (exact) mass is 387 g/mol. The van der Waals surface area contributed by atoms with Crippen LogP contribution in [0.3, 0.4) is 0 Å². The maximum absolute atomic E-state index is 13.4. The summed E-state index contributed by atoms with van der Waals surface area (Å²) < 4.78 is 16.0. The number of piperidine rings is 1. The van der Waals surface area contributed by atoms with E-state index in [1.54, 1.807) is 10.7 Å². The Balaban J connectivity index is 1.42. The molecule has 1 amide bonds. The fourth-order valence-electron chi connectivity index (χ4n) is 3.48. The van der Waals surface area contributed by atoms with Gasteiger partial charge in [0.1, 0.15) is 5.82 Å². The summed E-state index contributed by atoms with van der Waals surface area (Å²) in [6, 6.07) is 6.71. The molecule has 0 N–H and O–H groups in total. The summed E-state index contributed by atoms with van der Waals surface area (Å²) in [6.07, 6.45) is 1.75. The Hall–Kier alpha value is -2.48. The number of hydrogen-bond acceptors (Lipinski definition) is 5. The Morgan fingerprint density at radius 3 is 2.70 bits per heavy atom. The number of carbonyl (C=O) groups is 1. The zero-order chi connectivity index (χ0) is 19.1. The van der Waals surface area contributed by atoms with Crippen LogP contribution >= 0.6 is 11.3 Å². The molecule has 1 aliphatic heterocycles. The summed E-state index contributed by atoms with van der Waals surface area (Å²) in [7, 11) is 3.70. The molecule has 0 saturated carbocycles. The second-order valence-corrected chi connectivity index (χ2v) is 8.05. The lowest BCUT2D eigenvalue weighted by atomic mass is 10.0. The average molecular weight is 387 g/mol. The first kappa shape index (κ1) is 17.9. The van der Waals surface area contributed by atoms with Crippen molar-refractivity contribution in [3.05, 3.63) is 41.5 Å². The Morgan fingerprint density at radius 1 is 1.30 bits per heavy atom. The third kappa shape index (κ3) is 3.41. The number of benzene rings is 1. The fraction of sp³-hybridized carbons (Fsp3) is 0.421. The van der Waals surface area contributed by atoms with Crippen LogP contribution in [0, 0.1) is 12.7 Å². The molecule has 1 saturated heterocycles. The molecule has 6 nitrogen and oxygen atoms in total. The number of halogens is 1. The van der Waals surface area contributed by atoms with Crippen LogP contribution in [-0.2, 0) is 7.05 Å². The zero-order valence-corrected chi connectivity index (χ0v) is 16.5. The van der Waals surface area contributed by atoms with E-state index in [0.29, 0.717) is 5.69 Å². The van der Waals surface area contributed by atoms with Crippen molar-refractivity contribution in [2.75, 3.05) is 25.0 Å². The molecule has 0 atom stereocenters. The molecule has 0 radical (unpaired) electrons. The van der Waals surface area contributed by atoms with Crippen LogP contribution in [0.5, 0.6) is 0 Å². The molecular formula is C19H22FN5OS. The van der Waals surface area contributed by atoms with Gasteiger partial charge in [0, 0.05) is 38.9 Å². The number of hydrogen-bond donors (Lipinski definition) is 0. The number of fused-ring (bicyclic) bond motifs is 1. The Kier molecular flexibility index (Phi) is 4.59. The van der Waals surface area contributed by atoms with E-state index in [1.807, 2.05) is 32.0 Å². The predicted octanol–water partition coefficient (Wildman–Crippen LogP) is 3.22. The van der Waals surface area contributed by atoms with Crippen LogP contribution in [0.25, 0.3) is 10.2 Å². The molecule has 3 aromatic rings. The maximum atomic E-state index is 13.4. The first-order valence-corrected chi connectivity index (χ1v) is 9.83. The summed E-state index contributed by atoms with van der Waals surface area (Å²) >= 11 is 1.52. The van der Waals surface area contributed by atoms with Crippen molar-refractivity contribution in [2.45, 2.75) is 25.8 Å². The molecule has 8 heteroatoms. The van der Waals surface area contributed by atoms with Crippen LogP contribution < -0.4 is 4.90 Å². The van der Waals surface area contributed by atoms with Gasteiger partial charge < -0.3 is 9.80 Å². The first-order valence-electron chi connectivity index (χ1n) is 9.01. The highest BCUT2D eigenvalue weighted by molar-refractivity contribution is 7.22. The Labute approximate surface area is 161 Å². The summed E-state index contributed by atoms with van der Waals surface area (Å²) in [5, 5.41) is 5.22. The van der Waals surface area contributed by atoms with Gasteiger partial charge in [0.05, 0.1) is 10.2 Å². The Morgan fingerprint density at radius 2 is 2.04 bits per heavy atom. The van der Waals surface area contributed by atoms with Crippen molar-refractivity contribution in [2.24, 2.45) is 7.05 Å². The number of amides is 1. The standard InChI is InChI=1S/C19H22FN5OS/c1-12-10-16(22-24(12)3)18(26)23(2)14-6-8-25(9-7-14)19-21-15-5-4-13(20)11-17(15)27-19/h4-5,10-11,14H,6-9H2,1-3H3. The molecule has 142 valence electrons. The molecule has 0 aliphatic carbocycles. The Bertz CT molecular complexity index is 970. The van der Waals surface area contributed by atoms with Gasteiger partial charge >= 0.3 is 0 Å². The number of anilines is 1. The van der Waals surface area contributed by atoms with Gasteiger partial charge in [0.2, 0.25) is 0 Å². The van der Waals surface area contributed by atoms with Crippen LogP contribution in [0.15, 0.2) is 24.3 Å². The van der Waals surface area contributed by atoms with E-state index < -0.39 is 0 Å². The average Bonchev–Trinajstić information content (AvgIpc) is 3.23. The molecule has 27 heavy (non-hydrogen) atoms. The number of aryl methyl sites for hydroxylation is 2. The zero-order valence-electron chi connectivity index (χ0n) is 15.6. The van der Waals surface area contributed by atoms with Gasteiger partial charge in [0.15, 0.2) is 10.8 Å². The molecule has 2 aromatic heterocycles. The first-order chi connectivity index (χ1) is 12.9. The van der Waals surface area contributed by atoms with Gasteiger partial charge in [-0.1, -0.05) is 11.3 Å². The summed E-state index contributed by atoms with van der Waals surface area (Å²) in [6.45, 7) is 3.59. The SMILES string of the molecule is Cc1cc(C(=O)N(C)C2CCN(c3nc4ccc(F)cc4s3)CC2)nn1C. The molecule has 1 aromatic carbocycles. The summed E-state index contributed by atoms with van der Waals surface area (Å²) in [4.78, 5) is 21.4. The van der Waals surface area contributed by atoms with Gasteiger partial charge in [-0.2, -0.15) is 5.10 Å². The smallest absolute Gasteiger partial charge is 0.274 e.